The Kier molecular flexibility index (Phi) is 37.1. The zero-order valence-corrected chi connectivity index (χ0v) is 33.7. The lowest BCUT2D eigenvalue weighted by atomic mass is 10.1. The maximum atomic E-state index is 12.5. The molecule has 0 aliphatic heterocycles. The summed E-state index contributed by atoms with van der Waals surface area (Å²) in [7, 11) is -4.38. The molecule has 0 amide bonds. The Morgan fingerprint density at radius 2 is 1.00 bits per heavy atom. The van der Waals surface area contributed by atoms with Crippen molar-refractivity contribution in [2.24, 2.45) is 5.73 Å². The number of unbranched alkanes of at least 4 members (excludes halogenated alkanes) is 22. The van der Waals surface area contributed by atoms with Gasteiger partial charge in [0.25, 0.3) is 0 Å². The molecule has 0 heterocycles. The van der Waals surface area contributed by atoms with Gasteiger partial charge in [-0.05, 0) is 51.4 Å². The molecule has 300 valence electrons. The fourth-order valence-corrected chi connectivity index (χ4v) is 6.47. The van der Waals surface area contributed by atoms with Crippen molar-refractivity contribution in [1.82, 2.24) is 0 Å². The van der Waals surface area contributed by atoms with Gasteiger partial charge in [-0.3, -0.25) is 18.6 Å². The predicted octanol–water partition coefficient (Wildman–Crippen LogP) is 11.6. The topological polar surface area (TPSA) is 134 Å². The lowest BCUT2D eigenvalue weighted by molar-refractivity contribution is -0.161. The van der Waals surface area contributed by atoms with Crippen molar-refractivity contribution in [2.75, 3.05) is 26.4 Å². The van der Waals surface area contributed by atoms with Gasteiger partial charge in [0.15, 0.2) is 6.10 Å². The SMILES string of the molecule is CCCCCCCCCCC/C=C/CCCCC(=O)OC[C@H](COP(=O)(O)OCCN)OC(=O)CC/C=C/CCCCCCCCCCCCC. The number of rotatable bonds is 39. The average molecular weight is 744 g/mol. The minimum atomic E-state index is -4.38. The first kappa shape index (κ1) is 49.5. The van der Waals surface area contributed by atoms with Crippen molar-refractivity contribution in [1.29, 1.82) is 0 Å². The third-order valence-corrected chi connectivity index (χ3v) is 9.81. The molecule has 0 spiro atoms. The van der Waals surface area contributed by atoms with Crippen LogP contribution in [0.15, 0.2) is 24.3 Å². The highest BCUT2D eigenvalue weighted by Crippen LogP contribution is 2.43. The second kappa shape index (κ2) is 38.2. The summed E-state index contributed by atoms with van der Waals surface area (Å²) >= 11 is 0. The van der Waals surface area contributed by atoms with Crippen LogP contribution in [0.25, 0.3) is 0 Å². The second-order valence-electron chi connectivity index (χ2n) is 13.8. The van der Waals surface area contributed by atoms with Crippen molar-refractivity contribution in [2.45, 2.75) is 200 Å². The molecule has 0 radical (unpaired) electrons. The molecule has 0 aromatic heterocycles. The first-order chi connectivity index (χ1) is 24.8. The predicted molar refractivity (Wildman–Crippen MR) is 211 cm³/mol. The van der Waals surface area contributed by atoms with Crippen LogP contribution in [0.3, 0.4) is 0 Å². The van der Waals surface area contributed by atoms with Crippen LogP contribution in [0.4, 0.5) is 0 Å². The Balaban J connectivity index is 4.23. The number of carbonyl (C=O) groups is 2. The van der Waals surface area contributed by atoms with Gasteiger partial charge >= 0.3 is 19.8 Å². The van der Waals surface area contributed by atoms with Gasteiger partial charge in [-0.15, -0.1) is 0 Å². The van der Waals surface area contributed by atoms with Crippen molar-refractivity contribution < 1.29 is 37.6 Å². The lowest BCUT2D eigenvalue weighted by Crippen LogP contribution is -2.29. The molecule has 2 atom stereocenters. The number of nitrogens with two attached hydrogens (primary N) is 1. The molecule has 0 bridgehead atoms. The van der Waals surface area contributed by atoms with E-state index in [1.165, 1.54) is 122 Å². The van der Waals surface area contributed by atoms with Crippen LogP contribution >= 0.6 is 7.82 Å². The summed E-state index contributed by atoms with van der Waals surface area (Å²) in [6.45, 7) is 3.67. The van der Waals surface area contributed by atoms with E-state index in [0.717, 1.165) is 32.1 Å². The van der Waals surface area contributed by atoms with E-state index in [1.54, 1.807) is 0 Å². The van der Waals surface area contributed by atoms with Gasteiger partial charge in [0.2, 0.25) is 0 Å². The summed E-state index contributed by atoms with van der Waals surface area (Å²) in [4.78, 5) is 34.7. The van der Waals surface area contributed by atoms with Crippen molar-refractivity contribution >= 4 is 19.8 Å². The molecule has 51 heavy (non-hydrogen) atoms. The van der Waals surface area contributed by atoms with Crippen LogP contribution in [0.5, 0.6) is 0 Å². The molecule has 0 saturated carbocycles. The fraction of sp³-hybridized carbons (Fsp3) is 0.854. The molecule has 3 N–H and O–H groups in total. The number of hydrogen-bond acceptors (Lipinski definition) is 8. The summed E-state index contributed by atoms with van der Waals surface area (Å²) in [5, 5.41) is 0. The highest BCUT2D eigenvalue weighted by molar-refractivity contribution is 7.47. The molecule has 0 aliphatic rings. The molecule has 9 nitrogen and oxygen atoms in total. The van der Waals surface area contributed by atoms with Crippen molar-refractivity contribution in [3.8, 4) is 0 Å². The molecule has 0 aromatic rings. The van der Waals surface area contributed by atoms with Crippen LogP contribution < -0.4 is 5.73 Å². The summed E-state index contributed by atoms with van der Waals surface area (Å²) in [5.74, 6) is -0.907. The fourth-order valence-electron chi connectivity index (χ4n) is 5.71. The first-order valence-corrected chi connectivity index (χ1v) is 22.3. The molecule has 0 rings (SSSR count). The number of esters is 2. The van der Waals surface area contributed by atoms with E-state index in [-0.39, 0.29) is 32.6 Å². The number of phosphoric acid groups is 1. The van der Waals surface area contributed by atoms with Crippen LogP contribution in [0.1, 0.15) is 194 Å². The number of carbonyl (C=O) groups excluding carboxylic acids is 2. The molecule has 0 fully saturated rings. The van der Waals surface area contributed by atoms with E-state index in [0.29, 0.717) is 12.8 Å². The van der Waals surface area contributed by atoms with Gasteiger partial charge in [-0.25, -0.2) is 4.57 Å². The minimum absolute atomic E-state index is 0.0474. The van der Waals surface area contributed by atoms with Gasteiger partial charge < -0.3 is 20.1 Å². The van der Waals surface area contributed by atoms with Crippen LogP contribution in [0, 0.1) is 0 Å². The second-order valence-corrected chi connectivity index (χ2v) is 15.3. The van der Waals surface area contributed by atoms with E-state index in [9.17, 15) is 19.0 Å². The molecule has 0 aliphatic carbocycles. The summed E-state index contributed by atoms with van der Waals surface area (Å²) in [5.41, 5.74) is 5.33. The van der Waals surface area contributed by atoms with Gasteiger partial charge in [-0.2, -0.15) is 0 Å². The monoisotopic (exact) mass is 744 g/mol. The average Bonchev–Trinajstić information content (AvgIpc) is 3.11. The molecule has 0 saturated heterocycles. The third kappa shape index (κ3) is 38.0. The van der Waals surface area contributed by atoms with E-state index in [2.05, 4.69) is 32.1 Å². The maximum Gasteiger partial charge on any atom is 0.472 e. The Morgan fingerprint density at radius 3 is 1.47 bits per heavy atom. The van der Waals surface area contributed by atoms with Crippen molar-refractivity contribution in [3.05, 3.63) is 24.3 Å². The van der Waals surface area contributed by atoms with Crippen LogP contribution in [-0.2, 0) is 32.7 Å². The van der Waals surface area contributed by atoms with E-state index >= 15 is 0 Å². The number of ether oxygens (including phenoxy) is 2. The van der Waals surface area contributed by atoms with Gasteiger partial charge in [0.1, 0.15) is 6.61 Å². The zero-order valence-electron chi connectivity index (χ0n) is 32.8. The Hall–Kier alpha value is -1.51. The smallest absolute Gasteiger partial charge is 0.462 e. The highest BCUT2D eigenvalue weighted by atomic mass is 31.2. The van der Waals surface area contributed by atoms with E-state index in [1.807, 2.05) is 6.08 Å². The Labute approximate surface area is 312 Å². The molecular weight excluding hydrogens is 665 g/mol. The standard InChI is InChI=1S/C41H78NO8P/c1-3-5-7-9-11-13-15-17-19-21-23-25-27-29-31-33-40(43)47-37-39(38-49-51(45,46)48-36-35-42)50-41(44)34-32-30-28-26-24-22-20-18-16-14-12-10-8-6-4-2/h23,25,28,30,39H,3-22,24,26-27,29,31-38,42H2,1-2H3,(H,45,46)/b25-23+,30-28+/t39-/m1/s1. The summed E-state index contributed by atoms with van der Waals surface area (Å²) < 4.78 is 32.6. The molecule has 0 aromatic carbocycles. The molecular formula is C41H78NO8P. The zero-order chi connectivity index (χ0) is 37.5. The first-order valence-electron chi connectivity index (χ1n) is 20.8. The number of hydrogen-bond donors (Lipinski definition) is 2. The Morgan fingerprint density at radius 1 is 0.569 bits per heavy atom. The highest BCUT2D eigenvalue weighted by Gasteiger charge is 2.25. The minimum Gasteiger partial charge on any atom is -0.462 e. The van der Waals surface area contributed by atoms with Gasteiger partial charge in [0.05, 0.1) is 13.2 Å². The number of allylic oxidation sites excluding steroid dienone is 4. The van der Waals surface area contributed by atoms with E-state index in [4.69, 9.17) is 24.3 Å². The largest absolute Gasteiger partial charge is 0.472 e. The summed E-state index contributed by atoms with van der Waals surface area (Å²) in [6, 6.07) is 0. The van der Waals surface area contributed by atoms with E-state index < -0.39 is 32.5 Å². The van der Waals surface area contributed by atoms with Gasteiger partial charge in [-0.1, -0.05) is 154 Å². The number of phosphoric ester groups is 1. The van der Waals surface area contributed by atoms with Gasteiger partial charge in [0, 0.05) is 19.4 Å². The summed E-state index contributed by atoms with van der Waals surface area (Å²) in [6.07, 6.45) is 39.4. The maximum absolute atomic E-state index is 12.5. The van der Waals surface area contributed by atoms with Crippen LogP contribution in [-0.4, -0.2) is 49.3 Å². The lowest BCUT2D eigenvalue weighted by Gasteiger charge is -2.19. The molecule has 1 unspecified atom stereocenters. The molecule has 10 heteroatoms. The Bertz CT molecular complexity index is 897. The quantitative estimate of drug-likeness (QED) is 0.0273. The van der Waals surface area contributed by atoms with Crippen molar-refractivity contribution in [3.63, 3.8) is 0 Å². The third-order valence-electron chi connectivity index (χ3n) is 8.82. The van der Waals surface area contributed by atoms with Crippen LogP contribution in [0.2, 0.25) is 0 Å². The normalized spacial score (nSPS) is 13.6.